The van der Waals surface area contributed by atoms with Crippen LogP contribution in [0.3, 0.4) is 0 Å². The lowest BCUT2D eigenvalue weighted by Crippen LogP contribution is -2.40. The Labute approximate surface area is 168 Å². The van der Waals surface area contributed by atoms with E-state index in [4.69, 9.17) is 14.0 Å². The summed E-state index contributed by atoms with van der Waals surface area (Å²) in [7, 11) is -3.57. The van der Waals surface area contributed by atoms with Crippen molar-refractivity contribution in [3.63, 3.8) is 0 Å². The zero-order valence-corrected chi connectivity index (χ0v) is 16.6. The molecule has 1 aromatic carbocycles. The highest BCUT2D eigenvalue weighted by Gasteiger charge is 2.26. The van der Waals surface area contributed by atoms with Crippen LogP contribution >= 0.6 is 0 Å². The first-order chi connectivity index (χ1) is 14.0. The average molecular weight is 422 g/mol. The van der Waals surface area contributed by atoms with Crippen LogP contribution in [0.5, 0.6) is 0 Å². The van der Waals surface area contributed by atoms with Gasteiger partial charge in [-0.25, -0.2) is 8.42 Å². The number of rotatable bonds is 6. The van der Waals surface area contributed by atoms with E-state index in [-0.39, 0.29) is 22.7 Å². The molecular weight excluding hydrogens is 400 g/mol. The average Bonchev–Trinajstić information content (AvgIpc) is 3.45. The van der Waals surface area contributed by atoms with Gasteiger partial charge in [-0.05, 0) is 37.1 Å². The predicted molar refractivity (Wildman–Crippen MR) is 101 cm³/mol. The van der Waals surface area contributed by atoms with E-state index in [1.165, 1.54) is 16.4 Å². The number of nitrogens with zero attached hydrogens (tertiary/aromatic N) is 3. The van der Waals surface area contributed by atoms with Crippen molar-refractivity contribution in [3.05, 3.63) is 30.2 Å². The zero-order valence-electron chi connectivity index (χ0n) is 15.7. The molecule has 3 heterocycles. The molecular formula is C18H22N4O6S. The van der Waals surface area contributed by atoms with E-state index < -0.39 is 15.9 Å². The minimum absolute atomic E-state index is 0.0160. The summed E-state index contributed by atoms with van der Waals surface area (Å²) in [5.41, 5.74) is 0.549. The van der Waals surface area contributed by atoms with Crippen molar-refractivity contribution in [3.8, 4) is 11.4 Å². The van der Waals surface area contributed by atoms with Gasteiger partial charge in [0.05, 0.1) is 24.2 Å². The molecule has 0 aliphatic carbocycles. The predicted octanol–water partition coefficient (Wildman–Crippen LogP) is 0.666. The molecule has 11 heteroatoms. The second-order valence-corrected chi connectivity index (χ2v) is 8.75. The van der Waals surface area contributed by atoms with E-state index in [1.807, 2.05) is 0 Å². The van der Waals surface area contributed by atoms with E-state index in [2.05, 4.69) is 15.5 Å². The standard InChI is InChI=1S/C18H22N4O6S/c23-17(19-12-14-2-1-9-27-14)18-20-16(21-28-18)13-3-5-15(6-4-13)29(24,25)22-7-10-26-11-8-22/h3-6,14H,1-2,7-12H2,(H,19,23)/t14-/m0/s1. The molecule has 4 rings (SSSR count). The van der Waals surface area contributed by atoms with Gasteiger partial charge in [0.15, 0.2) is 0 Å². The van der Waals surface area contributed by atoms with Crippen molar-refractivity contribution in [2.75, 3.05) is 39.5 Å². The second-order valence-electron chi connectivity index (χ2n) is 6.81. The number of amides is 1. The number of carbonyl (C=O) groups is 1. The highest BCUT2D eigenvalue weighted by Crippen LogP contribution is 2.22. The van der Waals surface area contributed by atoms with Gasteiger partial charge in [-0.15, -0.1) is 0 Å². The number of aromatic nitrogens is 2. The molecule has 0 unspecified atom stereocenters. The van der Waals surface area contributed by atoms with Crippen LogP contribution in [0, 0.1) is 0 Å². The summed E-state index contributed by atoms with van der Waals surface area (Å²) >= 11 is 0. The van der Waals surface area contributed by atoms with Gasteiger partial charge in [0.1, 0.15) is 0 Å². The van der Waals surface area contributed by atoms with Gasteiger partial charge in [0.25, 0.3) is 0 Å². The van der Waals surface area contributed by atoms with Gasteiger partial charge < -0.3 is 19.3 Å². The number of benzene rings is 1. The molecule has 2 aliphatic rings. The molecule has 2 fully saturated rings. The van der Waals surface area contributed by atoms with Gasteiger partial charge in [0, 0.05) is 31.8 Å². The molecule has 10 nitrogen and oxygen atoms in total. The minimum atomic E-state index is -3.57. The summed E-state index contributed by atoms with van der Waals surface area (Å²) in [5.74, 6) is -0.406. The normalized spacial score (nSPS) is 20.6. The summed E-state index contributed by atoms with van der Waals surface area (Å²) < 4.78 is 42.4. The van der Waals surface area contributed by atoms with Gasteiger partial charge in [0.2, 0.25) is 15.8 Å². The SMILES string of the molecule is O=C(NC[C@@H]1CCCO1)c1nc(-c2ccc(S(=O)(=O)N3CCOCC3)cc2)no1. The minimum Gasteiger partial charge on any atom is -0.379 e. The maximum Gasteiger partial charge on any atom is 0.316 e. The van der Waals surface area contributed by atoms with Crippen LogP contribution in [-0.2, 0) is 19.5 Å². The summed E-state index contributed by atoms with van der Waals surface area (Å²) in [6.07, 6.45) is 1.92. The molecule has 0 radical (unpaired) electrons. The van der Waals surface area contributed by atoms with Crippen molar-refractivity contribution in [2.24, 2.45) is 0 Å². The van der Waals surface area contributed by atoms with E-state index in [1.54, 1.807) is 12.1 Å². The Balaban J connectivity index is 1.42. The van der Waals surface area contributed by atoms with Gasteiger partial charge >= 0.3 is 11.8 Å². The fourth-order valence-corrected chi connectivity index (χ4v) is 4.64. The van der Waals surface area contributed by atoms with Gasteiger partial charge in [-0.1, -0.05) is 5.16 Å². The number of nitrogens with one attached hydrogen (secondary N) is 1. The van der Waals surface area contributed by atoms with Crippen LogP contribution in [0.25, 0.3) is 11.4 Å². The fraction of sp³-hybridized carbons (Fsp3) is 0.500. The summed E-state index contributed by atoms with van der Waals surface area (Å²) in [5, 5.41) is 6.53. The van der Waals surface area contributed by atoms with Crippen LogP contribution in [0.1, 0.15) is 23.5 Å². The monoisotopic (exact) mass is 422 g/mol. The summed E-state index contributed by atoms with van der Waals surface area (Å²) in [6.45, 7) is 2.54. The van der Waals surface area contributed by atoms with E-state index in [0.29, 0.717) is 45.0 Å². The molecule has 29 heavy (non-hydrogen) atoms. The van der Waals surface area contributed by atoms with Crippen LogP contribution in [0.4, 0.5) is 0 Å². The lowest BCUT2D eigenvalue weighted by atomic mass is 10.2. The highest BCUT2D eigenvalue weighted by atomic mass is 32.2. The van der Waals surface area contributed by atoms with Crippen molar-refractivity contribution >= 4 is 15.9 Å². The quantitative estimate of drug-likeness (QED) is 0.720. The van der Waals surface area contributed by atoms with Crippen molar-refractivity contribution < 1.29 is 27.2 Å². The first kappa shape index (κ1) is 20.0. The number of sulfonamides is 1. The van der Waals surface area contributed by atoms with Gasteiger partial charge in [-0.3, -0.25) is 4.79 Å². The van der Waals surface area contributed by atoms with E-state index >= 15 is 0 Å². The molecule has 2 saturated heterocycles. The lowest BCUT2D eigenvalue weighted by Gasteiger charge is -2.26. The van der Waals surface area contributed by atoms with Crippen LogP contribution in [-0.4, -0.2) is 74.3 Å². The molecule has 0 bridgehead atoms. The number of morpholine rings is 1. The Hall–Kier alpha value is -2.34. The third kappa shape index (κ3) is 4.47. The van der Waals surface area contributed by atoms with Crippen LogP contribution in [0.2, 0.25) is 0 Å². The fourth-order valence-electron chi connectivity index (χ4n) is 3.23. The first-order valence-electron chi connectivity index (χ1n) is 9.46. The Morgan fingerprint density at radius 1 is 1.17 bits per heavy atom. The molecule has 1 atom stereocenters. The number of hydrogen-bond acceptors (Lipinski definition) is 8. The molecule has 1 amide bonds. The molecule has 2 aliphatic heterocycles. The molecule has 156 valence electrons. The Morgan fingerprint density at radius 3 is 2.62 bits per heavy atom. The zero-order chi connectivity index (χ0) is 20.3. The molecule has 1 aromatic heterocycles. The van der Waals surface area contributed by atoms with Crippen LogP contribution in [0.15, 0.2) is 33.7 Å². The van der Waals surface area contributed by atoms with Gasteiger partial charge in [-0.2, -0.15) is 9.29 Å². The van der Waals surface area contributed by atoms with Crippen LogP contribution < -0.4 is 5.32 Å². The Morgan fingerprint density at radius 2 is 1.93 bits per heavy atom. The Kier molecular flexibility index (Phi) is 5.90. The largest absolute Gasteiger partial charge is 0.379 e. The highest BCUT2D eigenvalue weighted by molar-refractivity contribution is 7.89. The molecule has 0 saturated carbocycles. The topological polar surface area (TPSA) is 124 Å². The third-order valence-corrected chi connectivity index (χ3v) is 6.77. The number of ether oxygens (including phenoxy) is 2. The van der Waals surface area contributed by atoms with Crippen molar-refractivity contribution in [1.29, 1.82) is 0 Å². The smallest absolute Gasteiger partial charge is 0.316 e. The second kappa shape index (κ2) is 8.57. The van der Waals surface area contributed by atoms with Crippen molar-refractivity contribution in [1.82, 2.24) is 19.8 Å². The molecule has 0 spiro atoms. The van der Waals surface area contributed by atoms with Crippen molar-refractivity contribution in [2.45, 2.75) is 23.8 Å². The summed E-state index contributed by atoms with van der Waals surface area (Å²) in [4.78, 5) is 16.4. The lowest BCUT2D eigenvalue weighted by molar-refractivity contribution is 0.0730. The maximum atomic E-state index is 12.7. The van der Waals surface area contributed by atoms with E-state index in [0.717, 1.165) is 12.8 Å². The first-order valence-corrected chi connectivity index (χ1v) is 10.9. The summed E-state index contributed by atoms with van der Waals surface area (Å²) in [6, 6.07) is 6.17. The Bertz CT molecular complexity index is 947. The van der Waals surface area contributed by atoms with E-state index in [9.17, 15) is 13.2 Å². The number of hydrogen-bond donors (Lipinski definition) is 1. The maximum absolute atomic E-state index is 12.7. The number of carbonyl (C=O) groups excluding carboxylic acids is 1. The molecule has 1 N–H and O–H groups in total. The third-order valence-electron chi connectivity index (χ3n) is 4.85. The molecule has 2 aromatic rings.